The predicted octanol–water partition coefficient (Wildman–Crippen LogP) is 2.56. The van der Waals surface area contributed by atoms with Crippen molar-refractivity contribution in [1.29, 1.82) is 0 Å². The van der Waals surface area contributed by atoms with Gasteiger partial charge in [-0.15, -0.1) is 0 Å². The average Bonchev–Trinajstić information content (AvgIpc) is 2.55. The van der Waals surface area contributed by atoms with Crippen LogP contribution in [0, 0.1) is 0 Å². The van der Waals surface area contributed by atoms with Crippen LogP contribution < -0.4 is 14.9 Å². The zero-order valence-corrected chi connectivity index (χ0v) is 12.9. The number of hydrazone groups is 1. The van der Waals surface area contributed by atoms with Crippen LogP contribution in [0.4, 0.5) is 0 Å². The van der Waals surface area contributed by atoms with Crippen LogP contribution in [0.2, 0.25) is 0 Å². The summed E-state index contributed by atoms with van der Waals surface area (Å²) >= 11 is 0. The highest BCUT2D eigenvalue weighted by atomic mass is 16.5. The van der Waals surface area contributed by atoms with Gasteiger partial charge in [0.1, 0.15) is 5.75 Å². The minimum atomic E-state index is -0.407. The lowest BCUT2D eigenvalue weighted by molar-refractivity contribution is 0.0954. The molecule has 0 aliphatic rings. The number of aromatic hydroxyl groups is 1. The Morgan fingerprint density at radius 2 is 2.09 bits per heavy atom. The van der Waals surface area contributed by atoms with Crippen LogP contribution in [-0.2, 0) is 0 Å². The van der Waals surface area contributed by atoms with E-state index in [0.717, 1.165) is 5.56 Å². The molecular formula is C17H18N2O4. The molecule has 0 aromatic heterocycles. The number of amides is 1. The van der Waals surface area contributed by atoms with Gasteiger partial charge >= 0.3 is 0 Å². The smallest absolute Gasteiger partial charge is 0.271 e. The molecule has 0 atom stereocenters. The Balaban J connectivity index is 2.05. The highest BCUT2D eigenvalue weighted by molar-refractivity contribution is 5.95. The molecule has 6 heteroatoms. The molecule has 0 saturated carbocycles. The molecule has 120 valence electrons. The van der Waals surface area contributed by atoms with Crippen molar-refractivity contribution < 1.29 is 19.4 Å². The van der Waals surface area contributed by atoms with Crippen LogP contribution >= 0.6 is 0 Å². The maximum absolute atomic E-state index is 11.9. The lowest BCUT2D eigenvalue weighted by atomic mass is 10.2. The summed E-state index contributed by atoms with van der Waals surface area (Å²) in [5, 5.41) is 13.3. The number of nitrogens with one attached hydrogen (secondary N) is 1. The molecule has 0 aliphatic heterocycles. The summed E-state index contributed by atoms with van der Waals surface area (Å²) in [6, 6.07) is 11.4. The van der Waals surface area contributed by atoms with Gasteiger partial charge in [0.25, 0.3) is 5.91 Å². The highest BCUT2D eigenvalue weighted by Crippen LogP contribution is 2.27. The third kappa shape index (κ3) is 4.47. The zero-order chi connectivity index (χ0) is 16.7. The maximum atomic E-state index is 11.9. The van der Waals surface area contributed by atoms with E-state index in [-0.39, 0.29) is 5.75 Å². The summed E-state index contributed by atoms with van der Waals surface area (Å²) < 4.78 is 10.7. The van der Waals surface area contributed by atoms with Crippen molar-refractivity contribution in [3.8, 4) is 17.2 Å². The minimum Gasteiger partial charge on any atom is -0.508 e. The number of ether oxygens (including phenoxy) is 2. The Hall–Kier alpha value is -3.02. The molecule has 2 aromatic carbocycles. The molecule has 2 aromatic rings. The van der Waals surface area contributed by atoms with Gasteiger partial charge in [0.15, 0.2) is 11.5 Å². The van der Waals surface area contributed by atoms with Crippen molar-refractivity contribution in [2.24, 2.45) is 5.10 Å². The Labute approximate surface area is 134 Å². The van der Waals surface area contributed by atoms with E-state index in [2.05, 4.69) is 10.5 Å². The van der Waals surface area contributed by atoms with Crippen molar-refractivity contribution in [3.05, 3.63) is 53.6 Å². The summed E-state index contributed by atoms with van der Waals surface area (Å²) in [5.41, 5.74) is 3.48. The molecule has 0 aliphatic carbocycles. The molecule has 1 amide bonds. The highest BCUT2D eigenvalue weighted by Gasteiger charge is 2.06. The van der Waals surface area contributed by atoms with Crippen molar-refractivity contribution in [1.82, 2.24) is 5.43 Å². The largest absolute Gasteiger partial charge is 0.508 e. The molecule has 0 bridgehead atoms. The third-order valence-corrected chi connectivity index (χ3v) is 2.98. The molecule has 23 heavy (non-hydrogen) atoms. The second-order valence-corrected chi connectivity index (χ2v) is 4.59. The molecule has 0 saturated heterocycles. The van der Waals surface area contributed by atoms with E-state index in [0.29, 0.717) is 23.7 Å². The Morgan fingerprint density at radius 3 is 2.78 bits per heavy atom. The number of phenols is 1. The van der Waals surface area contributed by atoms with Gasteiger partial charge in [0, 0.05) is 5.56 Å². The van der Waals surface area contributed by atoms with Crippen molar-refractivity contribution in [2.45, 2.75) is 6.92 Å². The van der Waals surface area contributed by atoms with E-state index in [1.165, 1.54) is 18.3 Å². The number of carbonyl (C=O) groups excluding carboxylic acids is 1. The van der Waals surface area contributed by atoms with Crippen LogP contribution in [0.5, 0.6) is 17.2 Å². The molecule has 2 rings (SSSR count). The zero-order valence-electron chi connectivity index (χ0n) is 12.9. The molecule has 0 fully saturated rings. The topological polar surface area (TPSA) is 80.2 Å². The number of benzene rings is 2. The van der Waals surface area contributed by atoms with Gasteiger partial charge in [0.05, 0.1) is 19.9 Å². The molecule has 6 nitrogen and oxygen atoms in total. The van der Waals surface area contributed by atoms with Crippen LogP contribution in [0.1, 0.15) is 22.8 Å². The van der Waals surface area contributed by atoms with Gasteiger partial charge in [0.2, 0.25) is 0 Å². The summed E-state index contributed by atoms with van der Waals surface area (Å²) in [7, 11) is 1.57. The summed E-state index contributed by atoms with van der Waals surface area (Å²) in [6.07, 6.45) is 1.50. The Morgan fingerprint density at radius 1 is 1.26 bits per heavy atom. The van der Waals surface area contributed by atoms with E-state index in [1.807, 2.05) is 6.92 Å². The SMILES string of the molecule is CCOc1cc(/C=N\NC(=O)c2cccc(O)c2)ccc1OC. The van der Waals surface area contributed by atoms with E-state index in [1.54, 1.807) is 37.4 Å². The summed E-state index contributed by atoms with van der Waals surface area (Å²) in [5.74, 6) is 0.861. The van der Waals surface area contributed by atoms with Gasteiger partial charge in [-0.2, -0.15) is 5.10 Å². The van der Waals surface area contributed by atoms with Crippen molar-refractivity contribution >= 4 is 12.1 Å². The number of hydrogen-bond donors (Lipinski definition) is 2. The normalized spacial score (nSPS) is 10.5. The quantitative estimate of drug-likeness (QED) is 0.634. The number of carbonyl (C=O) groups is 1. The van der Waals surface area contributed by atoms with E-state index in [9.17, 15) is 9.90 Å². The van der Waals surface area contributed by atoms with Gasteiger partial charge in [-0.05, 0) is 48.9 Å². The first kappa shape index (κ1) is 16.4. The molecule has 0 spiro atoms. The lowest BCUT2D eigenvalue weighted by Crippen LogP contribution is -2.17. The number of nitrogens with zero attached hydrogens (tertiary/aromatic N) is 1. The number of hydrogen-bond acceptors (Lipinski definition) is 5. The van der Waals surface area contributed by atoms with Crippen molar-refractivity contribution in [3.63, 3.8) is 0 Å². The monoisotopic (exact) mass is 314 g/mol. The van der Waals surface area contributed by atoms with Gasteiger partial charge in [-0.25, -0.2) is 5.43 Å². The fraction of sp³-hybridized carbons (Fsp3) is 0.176. The molecule has 2 N–H and O–H groups in total. The maximum Gasteiger partial charge on any atom is 0.271 e. The van der Waals surface area contributed by atoms with Crippen LogP contribution in [0.25, 0.3) is 0 Å². The van der Waals surface area contributed by atoms with Crippen LogP contribution in [-0.4, -0.2) is 30.9 Å². The standard InChI is InChI=1S/C17H18N2O4/c1-3-23-16-9-12(7-8-15(16)22-2)11-18-19-17(21)13-5-4-6-14(20)10-13/h4-11,20H,3H2,1-2H3,(H,19,21)/b18-11-. The Bertz CT molecular complexity index is 713. The molecule has 0 unspecified atom stereocenters. The van der Waals surface area contributed by atoms with Gasteiger partial charge in [-0.3, -0.25) is 4.79 Å². The fourth-order valence-electron chi connectivity index (χ4n) is 1.92. The first-order valence-corrected chi connectivity index (χ1v) is 7.07. The summed E-state index contributed by atoms with van der Waals surface area (Å²) in [4.78, 5) is 11.9. The molecule has 0 heterocycles. The van der Waals surface area contributed by atoms with Crippen LogP contribution in [0.3, 0.4) is 0 Å². The second-order valence-electron chi connectivity index (χ2n) is 4.59. The van der Waals surface area contributed by atoms with Gasteiger partial charge < -0.3 is 14.6 Å². The lowest BCUT2D eigenvalue weighted by Gasteiger charge is -2.09. The fourth-order valence-corrected chi connectivity index (χ4v) is 1.92. The predicted molar refractivity (Wildman–Crippen MR) is 87.3 cm³/mol. The minimum absolute atomic E-state index is 0.0261. The summed E-state index contributed by atoms with van der Waals surface area (Å²) in [6.45, 7) is 2.40. The average molecular weight is 314 g/mol. The number of methoxy groups -OCH3 is 1. The number of rotatable bonds is 6. The molecule has 0 radical (unpaired) electrons. The number of phenolic OH excluding ortho intramolecular Hbond substituents is 1. The second kappa shape index (κ2) is 7.84. The van der Waals surface area contributed by atoms with Crippen molar-refractivity contribution in [2.75, 3.05) is 13.7 Å². The van der Waals surface area contributed by atoms with E-state index >= 15 is 0 Å². The molecular weight excluding hydrogens is 296 g/mol. The Kier molecular flexibility index (Phi) is 5.57. The third-order valence-electron chi connectivity index (χ3n) is 2.98. The van der Waals surface area contributed by atoms with Crippen LogP contribution in [0.15, 0.2) is 47.6 Å². The first-order valence-electron chi connectivity index (χ1n) is 7.07. The first-order chi connectivity index (χ1) is 11.1. The van der Waals surface area contributed by atoms with E-state index in [4.69, 9.17) is 9.47 Å². The van der Waals surface area contributed by atoms with Gasteiger partial charge in [-0.1, -0.05) is 6.07 Å². The van der Waals surface area contributed by atoms with E-state index < -0.39 is 5.91 Å².